The van der Waals surface area contributed by atoms with Crippen LogP contribution in [0.1, 0.15) is 23.7 Å². The van der Waals surface area contributed by atoms with Gasteiger partial charge in [0.25, 0.3) is 5.91 Å². The molecule has 2 N–H and O–H groups in total. The Morgan fingerprint density at radius 1 is 1.25 bits per heavy atom. The van der Waals surface area contributed by atoms with Crippen molar-refractivity contribution in [2.75, 3.05) is 13.1 Å². The highest BCUT2D eigenvalue weighted by atomic mass is 19.2. The molecule has 0 radical (unpaired) electrons. The first-order valence-electron chi connectivity index (χ1n) is 5.67. The van der Waals surface area contributed by atoms with Crippen molar-refractivity contribution in [3.05, 3.63) is 29.1 Å². The molecule has 0 aliphatic carbocycles. The van der Waals surface area contributed by atoms with Crippen LogP contribution >= 0.6 is 0 Å². The average Bonchev–Trinajstić information content (AvgIpc) is 2.39. The number of carboxylic acid groups (broad SMARTS) is 1. The number of hydrogen-bond donors (Lipinski definition) is 2. The summed E-state index contributed by atoms with van der Waals surface area (Å²) in [6.45, 7) is 0.928. The molecule has 8 heteroatoms. The number of rotatable bonds is 5. The number of carbonyl (C=O) groups excluding carboxylic acids is 1. The first-order valence-corrected chi connectivity index (χ1v) is 5.67. The van der Waals surface area contributed by atoms with Gasteiger partial charge in [0.05, 0.1) is 5.56 Å². The van der Waals surface area contributed by atoms with Crippen molar-refractivity contribution < 1.29 is 33.0 Å². The van der Waals surface area contributed by atoms with Gasteiger partial charge in [-0.25, -0.2) is 8.78 Å². The van der Waals surface area contributed by atoms with Gasteiger partial charge >= 0.3 is 5.97 Å². The minimum atomic E-state index is -1.81. The van der Waals surface area contributed by atoms with Gasteiger partial charge < -0.3 is 15.1 Å². The molecule has 0 atom stereocenters. The molecule has 110 valence electrons. The third-order valence-corrected chi connectivity index (χ3v) is 2.47. The number of carboxylic acids is 1. The fourth-order valence-corrected chi connectivity index (χ4v) is 1.60. The summed E-state index contributed by atoms with van der Waals surface area (Å²) in [6, 6.07) is 0.289. The van der Waals surface area contributed by atoms with E-state index in [1.165, 1.54) is 0 Å². The summed E-state index contributed by atoms with van der Waals surface area (Å²) in [5.41, 5.74) is -0.920. The molecular formula is C12H12F3NO4. The van der Waals surface area contributed by atoms with E-state index in [4.69, 9.17) is 10.2 Å². The van der Waals surface area contributed by atoms with E-state index in [1.54, 1.807) is 6.92 Å². The maximum absolute atomic E-state index is 13.6. The van der Waals surface area contributed by atoms with Crippen LogP contribution in [0.3, 0.4) is 0 Å². The second-order valence-corrected chi connectivity index (χ2v) is 4.00. The van der Waals surface area contributed by atoms with E-state index in [-0.39, 0.29) is 12.6 Å². The second-order valence-electron chi connectivity index (χ2n) is 4.00. The molecule has 0 aliphatic heterocycles. The van der Waals surface area contributed by atoms with Crippen molar-refractivity contribution in [2.24, 2.45) is 0 Å². The topological polar surface area (TPSA) is 77.8 Å². The molecule has 0 heterocycles. The number of phenolic OH excluding ortho intramolecular Hbond substituents is 1. The third kappa shape index (κ3) is 3.19. The standard InChI is InChI=1S/C12H12F3NO4/c1-2-3-16(5-8(17)18)12(20)6-4-7(13)10(15)11(19)9(6)14/h4,19H,2-3,5H2,1H3,(H,17,18). The average molecular weight is 291 g/mol. The zero-order valence-electron chi connectivity index (χ0n) is 10.5. The summed E-state index contributed by atoms with van der Waals surface area (Å²) in [7, 11) is 0. The molecular weight excluding hydrogens is 279 g/mol. The van der Waals surface area contributed by atoms with Gasteiger partial charge in [-0.3, -0.25) is 9.59 Å². The normalized spacial score (nSPS) is 10.4. The Labute approximate surface area is 112 Å². The van der Waals surface area contributed by atoms with Gasteiger partial charge in [0.2, 0.25) is 5.82 Å². The molecule has 1 aromatic carbocycles. The highest BCUT2D eigenvalue weighted by Crippen LogP contribution is 2.26. The van der Waals surface area contributed by atoms with Gasteiger partial charge in [0.1, 0.15) is 6.54 Å². The van der Waals surface area contributed by atoms with E-state index < -0.39 is 47.2 Å². The molecule has 0 saturated carbocycles. The van der Waals surface area contributed by atoms with Gasteiger partial charge in [-0.2, -0.15) is 4.39 Å². The number of hydrogen-bond acceptors (Lipinski definition) is 3. The van der Waals surface area contributed by atoms with Crippen molar-refractivity contribution in [3.8, 4) is 5.75 Å². The highest BCUT2D eigenvalue weighted by molar-refractivity contribution is 5.96. The SMILES string of the molecule is CCCN(CC(=O)O)C(=O)c1cc(F)c(F)c(O)c1F. The van der Waals surface area contributed by atoms with Crippen LogP contribution in [-0.2, 0) is 4.79 Å². The lowest BCUT2D eigenvalue weighted by Crippen LogP contribution is -2.36. The lowest BCUT2D eigenvalue weighted by Gasteiger charge is -2.20. The molecule has 1 amide bonds. The Kier molecular flexibility index (Phi) is 4.95. The summed E-state index contributed by atoms with van der Waals surface area (Å²) in [6.07, 6.45) is 0.385. The molecule has 0 spiro atoms. The lowest BCUT2D eigenvalue weighted by molar-refractivity contribution is -0.137. The number of aliphatic carboxylic acids is 1. The van der Waals surface area contributed by atoms with E-state index in [0.717, 1.165) is 4.90 Å². The second kappa shape index (κ2) is 6.27. The van der Waals surface area contributed by atoms with E-state index in [9.17, 15) is 22.8 Å². The maximum Gasteiger partial charge on any atom is 0.323 e. The largest absolute Gasteiger partial charge is 0.503 e. The smallest absolute Gasteiger partial charge is 0.323 e. The Morgan fingerprint density at radius 2 is 1.85 bits per heavy atom. The van der Waals surface area contributed by atoms with Gasteiger partial charge in [-0.15, -0.1) is 0 Å². The molecule has 0 saturated heterocycles. The first kappa shape index (κ1) is 15.8. The van der Waals surface area contributed by atoms with Gasteiger partial charge in [0, 0.05) is 6.54 Å². The Morgan fingerprint density at radius 3 is 2.35 bits per heavy atom. The van der Waals surface area contributed by atoms with Crippen molar-refractivity contribution >= 4 is 11.9 Å². The minimum Gasteiger partial charge on any atom is -0.503 e. The van der Waals surface area contributed by atoms with Gasteiger partial charge in [0.15, 0.2) is 17.4 Å². The molecule has 1 aromatic rings. The Balaban J connectivity index is 3.21. The van der Waals surface area contributed by atoms with E-state index >= 15 is 0 Å². The van der Waals surface area contributed by atoms with E-state index in [2.05, 4.69) is 0 Å². The van der Waals surface area contributed by atoms with Crippen LogP contribution in [0.15, 0.2) is 6.07 Å². The molecule has 0 unspecified atom stereocenters. The van der Waals surface area contributed by atoms with Crippen LogP contribution in [0.2, 0.25) is 0 Å². The van der Waals surface area contributed by atoms with E-state index in [1.807, 2.05) is 0 Å². The highest BCUT2D eigenvalue weighted by Gasteiger charge is 2.26. The van der Waals surface area contributed by atoms with Crippen LogP contribution in [0.4, 0.5) is 13.2 Å². The van der Waals surface area contributed by atoms with Crippen LogP contribution in [-0.4, -0.2) is 40.1 Å². The first-order chi connectivity index (χ1) is 9.29. The van der Waals surface area contributed by atoms with Crippen LogP contribution in [0, 0.1) is 17.5 Å². The number of nitrogens with zero attached hydrogens (tertiary/aromatic N) is 1. The van der Waals surface area contributed by atoms with Crippen LogP contribution in [0.25, 0.3) is 0 Å². The number of aromatic hydroxyl groups is 1. The van der Waals surface area contributed by atoms with Crippen molar-refractivity contribution in [1.82, 2.24) is 4.90 Å². The predicted octanol–water partition coefficient (Wildman–Crippen LogP) is 1.75. The van der Waals surface area contributed by atoms with Crippen molar-refractivity contribution in [1.29, 1.82) is 0 Å². The fraction of sp³-hybridized carbons (Fsp3) is 0.333. The van der Waals surface area contributed by atoms with Crippen molar-refractivity contribution in [3.63, 3.8) is 0 Å². The van der Waals surface area contributed by atoms with Crippen LogP contribution in [0.5, 0.6) is 5.75 Å². The molecule has 20 heavy (non-hydrogen) atoms. The summed E-state index contributed by atoms with van der Waals surface area (Å²) in [4.78, 5) is 23.3. The molecule has 0 aliphatic rings. The fourth-order valence-electron chi connectivity index (χ4n) is 1.60. The summed E-state index contributed by atoms with van der Waals surface area (Å²) in [5.74, 6) is -9.11. The summed E-state index contributed by atoms with van der Waals surface area (Å²) in [5, 5.41) is 17.7. The van der Waals surface area contributed by atoms with Gasteiger partial charge in [-0.05, 0) is 12.5 Å². The Hall–Kier alpha value is -2.25. The molecule has 1 rings (SSSR count). The minimum absolute atomic E-state index is 0.00959. The predicted molar refractivity (Wildman–Crippen MR) is 61.8 cm³/mol. The number of amides is 1. The summed E-state index contributed by atoms with van der Waals surface area (Å²) < 4.78 is 39.6. The molecule has 5 nitrogen and oxygen atoms in total. The molecule has 0 bridgehead atoms. The summed E-state index contributed by atoms with van der Waals surface area (Å²) >= 11 is 0. The van der Waals surface area contributed by atoms with Crippen LogP contribution < -0.4 is 0 Å². The van der Waals surface area contributed by atoms with Crippen molar-refractivity contribution in [2.45, 2.75) is 13.3 Å². The zero-order chi connectivity index (χ0) is 15.4. The number of halogens is 3. The molecule has 0 fully saturated rings. The quantitative estimate of drug-likeness (QED) is 0.810. The number of carbonyl (C=O) groups is 2. The van der Waals surface area contributed by atoms with E-state index in [0.29, 0.717) is 6.42 Å². The lowest BCUT2D eigenvalue weighted by atomic mass is 10.1. The maximum atomic E-state index is 13.6. The Bertz CT molecular complexity index is 548. The zero-order valence-corrected chi connectivity index (χ0v) is 10.5. The third-order valence-electron chi connectivity index (χ3n) is 2.47. The molecule has 0 aromatic heterocycles. The van der Waals surface area contributed by atoms with Gasteiger partial charge in [-0.1, -0.05) is 6.92 Å². The monoisotopic (exact) mass is 291 g/mol. The number of phenols is 1. The number of benzene rings is 1.